The van der Waals surface area contributed by atoms with E-state index >= 15 is 0 Å². The molecule has 0 spiro atoms. The monoisotopic (exact) mass is 261 g/mol. The second kappa shape index (κ2) is 5.48. The highest BCUT2D eigenvalue weighted by molar-refractivity contribution is 5.48. The maximum Gasteiger partial charge on any atom is 0.311 e. The average Bonchev–Trinajstić information content (AvgIpc) is 2.38. The highest BCUT2D eigenvalue weighted by atomic mass is 19.1. The van der Waals surface area contributed by atoms with E-state index in [0.29, 0.717) is 5.56 Å². The maximum absolute atomic E-state index is 13.4. The lowest BCUT2D eigenvalue weighted by Crippen LogP contribution is -2.01. The van der Waals surface area contributed by atoms with Crippen molar-refractivity contribution in [1.29, 1.82) is 0 Å². The molecule has 0 unspecified atom stereocenters. The lowest BCUT2D eigenvalue weighted by molar-refractivity contribution is -0.386. The van der Waals surface area contributed by atoms with Crippen LogP contribution in [-0.4, -0.2) is 4.92 Å². The summed E-state index contributed by atoms with van der Waals surface area (Å²) >= 11 is 0. The molecule has 0 radical (unpaired) electrons. The molecule has 2 aromatic rings. The summed E-state index contributed by atoms with van der Waals surface area (Å²) < 4.78 is 18.7. The molecule has 4 nitrogen and oxygen atoms in total. The molecule has 0 saturated carbocycles. The molecule has 5 heteroatoms. The van der Waals surface area contributed by atoms with E-state index in [9.17, 15) is 14.5 Å². The molecule has 2 aromatic carbocycles. The minimum absolute atomic E-state index is 0.0451. The third kappa shape index (κ3) is 3.07. The van der Waals surface area contributed by atoms with Gasteiger partial charge >= 0.3 is 5.69 Å². The van der Waals surface area contributed by atoms with E-state index in [1.54, 1.807) is 31.2 Å². The molecule has 19 heavy (non-hydrogen) atoms. The smallest absolute Gasteiger partial charge is 0.311 e. The Morgan fingerprint density at radius 1 is 1.26 bits per heavy atom. The Labute approximate surface area is 109 Å². The topological polar surface area (TPSA) is 52.4 Å². The van der Waals surface area contributed by atoms with Gasteiger partial charge < -0.3 is 4.74 Å². The second-order valence-electron chi connectivity index (χ2n) is 4.11. The van der Waals surface area contributed by atoms with Gasteiger partial charge in [-0.05, 0) is 24.6 Å². The number of nitro benzene ring substituents is 1. The van der Waals surface area contributed by atoms with E-state index in [2.05, 4.69) is 0 Å². The number of nitrogens with zero attached hydrogens (tertiary/aromatic N) is 1. The van der Waals surface area contributed by atoms with Crippen molar-refractivity contribution in [2.75, 3.05) is 0 Å². The third-order valence-electron chi connectivity index (χ3n) is 2.65. The number of halogens is 1. The highest BCUT2D eigenvalue weighted by Gasteiger charge is 2.15. The molecule has 0 N–H and O–H groups in total. The number of rotatable bonds is 4. The predicted molar refractivity (Wildman–Crippen MR) is 68.6 cm³/mol. The summed E-state index contributed by atoms with van der Waals surface area (Å²) in [5.41, 5.74) is 1.01. The molecular formula is C14H12FNO3. The van der Waals surface area contributed by atoms with E-state index < -0.39 is 10.7 Å². The number of benzene rings is 2. The Morgan fingerprint density at radius 2 is 2.00 bits per heavy atom. The zero-order valence-electron chi connectivity index (χ0n) is 10.3. The maximum atomic E-state index is 13.4. The fourth-order valence-electron chi connectivity index (χ4n) is 1.66. The van der Waals surface area contributed by atoms with Gasteiger partial charge in [0.25, 0.3) is 0 Å². The molecule has 98 valence electrons. The van der Waals surface area contributed by atoms with Crippen molar-refractivity contribution in [1.82, 2.24) is 0 Å². The van der Waals surface area contributed by atoms with Crippen LogP contribution in [-0.2, 0) is 6.61 Å². The fraction of sp³-hybridized carbons (Fsp3) is 0.143. The molecule has 2 rings (SSSR count). The normalized spacial score (nSPS) is 10.2. The van der Waals surface area contributed by atoms with Crippen LogP contribution >= 0.6 is 0 Å². The number of hydrogen-bond acceptors (Lipinski definition) is 3. The first-order valence-corrected chi connectivity index (χ1v) is 5.69. The van der Waals surface area contributed by atoms with Crippen molar-refractivity contribution >= 4 is 5.69 Å². The molecule has 0 heterocycles. The van der Waals surface area contributed by atoms with Gasteiger partial charge in [0.15, 0.2) is 5.75 Å². The number of hydrogen-bond donors (Lipinski definition) is 0. The fourth-order valence-corrected chi connectivity index (χ4v) is 1.66. The zero-order valence-corrected chi connectivity index (χ0v) is 10.3. The summed E-state index contributed by atoms with van der Waals surface area (Å²) in [5, 5.41) is 10.9. The Bertz CT molecular complexity index is 613. The molecule has 0 aromatic heterocycles. The van der Waals surface area contributed by atoms with Gasteiger partial charge in [-0.1, -0.05) is 24.3 Å². The minimum atomic E-state index is -0.510. The van der Waals surface area contributed by atoms with Crippen molar-refractivity contribution in [2.24, 2.45) is 0 Å². The Kier molecular flexibility index (Phi) is 3.75. The zero-order chi connectivity index (χ0) is 13.8. The van der Waals surface area contributed by atoms with Gasteiger partial charge in [-0.3, -0.25) is 10.1 Å². The second-order valence-corrected chi connectivity index (χ2v) is 4.11. The van der Waals surface area contributed by atoms with Gasteiger partial charge in [0.2, 0.25) is 0 Å². The van der Waals surface area contributed by atoms with E-state index in [0.717, 1.165) is 5.56 Å². The van der Waals surface area contributed by atoms with E-state index in [-0.39, 0.29) is 18.0 Å². The minimum Gasteiger partial charge on any atom is -0.482 e. The van der Waals surface area contributed by atoms with Crippen LogP contribution in [0.1, 0.15) is 11.1 Å². The van der Waals surface area contributed by atoms with Crippen LogP contribution in [0.5, 0.6) is 5.75 Å². The number of nitro groups is 1. The van der Waals surface area contributed by atoms with E-state index in [4.69, 9.17) is 4.74 Å². The summed E-state index contributed by atoms with van der Waals surface area (Å²) in [5.74, 6) is -0.254. The van der Waals surface area contributed by atoms with Crippen LogP contribution < -0.4 is 4.74 Å². The third-order valence-corrected chi connectivity index (χ3v) is 2.65. The molecule has 0 aliphatic rings. The lowest BCUT2D eigenvalue weighted by atomic mass is 10.2. The van der Waals surface area contributed by atoms with Gasteiger partial charge in [-0.25, -0.2) is 4.39 Å². The first-order valence-electron chi connectivity index (χ1n) is 5.69. The summed E-state index contributed by atoms with van der Waals surface area (Å²) in [6.07, 6.45) is 0. The van der Waals surface area contributed by atoms with Crippen molar-refractivity contribution in [3.63, 3.8) is 0 Å². The highest BCUT2D eigenvalue weighted by Crippen LogP contribution is 2.28. The van der Waals surface area contributed by atoms with Gasteiger partial charge in [0.05, 0.1) is 4.92 Å². The number of ether oxygens (including phenoxy) is 1. The average molecular weight is 261 g/mol. The summed E-state index contributed by atoms with van der Waals surface area (Å²) in [4.78, 5) is 10.4. The molecular weight excluding hydrogens is 249 g/mol. The molecule has 0 amide bonds. The van der Waals surface area contributed by atoms with Crippen molar-refractivity contribution < 1.29 is 14.1 Å². The molecule has 0 fully saturated rings. The summed E-state index contributed by atoms with van der Waals surface area (Å²) in [6.45, 7) is 1.71. The van der Waals surface area contributed by atoms with E-state index in [1.807, 2.05) is 0 Å². The predicted octanol–water partition coefficient (Wildman–Crippen LogP) is 3.62. The van der Waals surface area contributed by atoms with Gasteiger partial charge in [0.1, 0.15) is 12.4 Å². The Balaban J connectivity index is 2.20. The van der Waals surface area contributed by atoms with Crippen LogP contribution in [0.3, 0.4) is 0 Å². The van der Waals surface area contributed by atoms with Crippen molar-refractivity contribution in [3.8, 4) is 5.75 Å². The van der Waals surface area contributed by atoms with Crippen LogP contribution in [0.4, 0.5) is 10.1 Å². The quantitative estimate of drug-likeness (QED) is 0.624. The van der Waals surface area contributed by atoms with E-state index in [1.165, 1.54) is 18.2 Å². The summed E-state index contributed by atoms with van der Waals surface area (Å²) in [7, 11) is 0. The van der Waals surface area contributed by atoms with Gasteiger partial charge in [-0.2, -0.15) is 0 Å². The molecule has 0 aliphatic carbocycles. The summed E-state index contributed by atoms with van der Waals surface area (Å²) in [6, 6.07) is 10.8. The van der Waals surface area contributed by atoms with Crippen molar-refractivity contribution in [2.45, 2.75) is 13.5 Å². The van der Waals surface area contributed by atoms with Crippen molar-refractivity contribution in [3.05, 3.63) is 69.5 Å². The van der Waals surface area contributed by atoms with Crippen LogP contribution in [0, 0.1) is 22.9 Å². The standard InChI is InChI=1S/C14H12FNO3/c1-10-6-7-14(13(8-10)16(17)18)19-9-11-4-2-3-5-12(11)15/h2-8H,9H2,1H3. The SMILES string of the molecule is Cc1ccc(OCc2ccccc2F)c([N+](=O)[O-])c1. The first-order chi connectivity index (χ1) is 9.08. The lowest BCUT2D eigenvalue weighted by Gasteiger charge is -2.08. The molecule has 0 bridgehead atoms. The Hall–Kier alpha value is -2.43. The van der Waals surface area contributed by atoms with Crippen LogP contribution in [0.15, 0.2) is 42.5 Å². The Morgan fingerprint density at radius 3 is 2.68 bits per heavy atom. The largest absolute Gasteiger partial charge is 0.482 e. The molecule has 0 atom stereocenters. The van der Waals surface area contributed by atoms with Crippen LogP contribution in [0.25, 0.3) is 0 Å². The van der Waals surface area contributed by atoms with Gasteiger partial charge in [-0.15, -0.1) is 0 Å². The molecule has 0 aliphatic heterocycles. The number of aryl methyl sites for hydroxylation is 1. The first kappa shape index (κ1) is 13.0. The van der Waals surface area contributed by atoms with Gasteiger partial charge in [0, 0.05) is 11.6 Å². The molecule has 0 saturated heterocycles. The van der Waals surface area contributed by atoms with Crippen LogP contribution in [0.2, 0.25) is 0 Å².